The van der Waals surface area contributed by atoms with Crippen molar-refractivity contribution in [2.45, 2.75) is 45.1 Å². The molecule has 0 amide bonds. The van der Waals surface area contributed by atoms with Crippen LogP contribution in [0, 0.1) is 0 Å². The van der Waals surface area contributed by atoms with Gasteiger partial charge in [-0.3, -0.25) is 0 Å². The highest BCUT2D eigenvalue weighted by Gasteiger charge is 2.30. The first kappa shape index (κ1) is 17.3. The Morgan fingerprint density at radius 2 is 1.80 bits per heavy atom. The highest BCUT2D eigenvalue weighted by atomic mass is 19.3. The molecule has 2 aromatic heterocycles. The van der Waals surface area contributed by atoms with Crippen LogP contribution in [-0.4, -0.2) is 25.9 Å². The lowest BCUT2D eigenvalue weighted by Gasteiger charge is -2.35. The maximum Gasteiger partial charge on any atom is 0.299 e. The molecule has 7 heteroatoms. The summed E-state index contributed by atoms with van der Waals surface area (Å²) >= 11 is 0. The number of nitrogens with zero attached hydrogens (tertiary/aromatic N) is 4. The second kappa shape index (κ2) is 6.74. The van der Waals surface area contributed by atoms with Crippen molar-refractivity contribution in [2.24, 2.45) is 0 Å². The van der Waals surface area contributed by atoms with Crippen molar-refractivity contribution in [3.63, 3.8) is 0 Å². The minimum Gasteiger partial charge on any atom is -0.365 e. The van der Waals surface area contributed by atoms with E-state index in [0.29, 0.717) is 11.5 Å². The number of hydrogen-bond donors (Lipinski definition) is 1. The van der Waals surface area contributed by atoms with Crippen LogP contribution >= 0.6 is 0 Å². The molecule has 0 saturated carbocycles. The van der Waals surface area contributed by atoms with Gasteiger partial charge in [0.2, 0.25) is 5.82 Å². The fourth-order valence-corrected chi connectivity index (χ4v) is 3.06. The standard InChI is InChI=1S/C18H21F2N5/c1-4-13(18(2,3)12-8-6-5-7-9-12)21-14-10-11-15-22-23-17(16(19)20)25(15)24-14/h5-11,13,16H,4H2,1-3H3,(H,21,24). The van der Waals surface area contributed by atoms with Crippen LogP contribution < -0.4 is 5.32 Å². The van der Waals surface area contributed by atoms with Gasteiger partial charge in [-0.15, -0.1) is 15.3 Å². The van der Waals surface area contributed by atoms with Gasteiger partial charge >= 0.3 is 0 Å². The van der Waals surface area contributed by atoms with Crippen LogP contribution in [-0.2, 0) is 5.41 Å². The fourth-order valence-electron chi connectivity index (χ4n) is 3.06. The monoisotopic (exact) mass is 345 g/mol. The van der Waals surface area contributed by atoms with Gasteiger partial charge in [-0.1, -0.05) is 51.1 Å². The number of hydrogen-bond acceptors (Lipinski definition) is 4. The quantitative estimate of drug-likeness (QED) is 0.726. The van der Waals surface area contributed by atoms with Crippen LogP contribution in [0.25, 0.3) is 5.65 Å². The second-order valence-electron chi connectivity index (χ2n) is 6.54. The molecule has 0 radical (unpaired) electrons. The molecule has 3 aromatic rings. The Morgan fingerprint density at radius 3 is 2.44 bits per heavy atom. The maximum absolute atomic E-state index is 13.0. The summed E-state index contributed by atoms with van der Waals surface area (Å²) in [6, 6.07) is 13.7. The van der Waals surface area contributed by atoms with Gasteiger partial charge in [0.05, 0.1) is 0 Å². The third-order valence-electron chi connectivity index (χ3n) is 4.60. The molecule has 1 unspecified atom stereocenters. The number of anilines is 1. The molecule has 3 rings (SSSR count). The third kappa shape index (κ3) is 3.31. The van der Waals surface area contributed by atoms with Crippen molar-refractivity contribution < 1.29 is 8.78 Å². The third-order valence-corrected chi connectivity index (χ3v) is 4.60. The number of fused-ring (bicyclic) bond motifs is 1. The Balaban J connectivity index is 1.91. The number of alkyl halides is 2. The lowest BCUT2D eigenvalue weighted by atomic mass is 9.76. The molecular weight excluding hydrogens is 324 g/mol. The molecule has 1 aromatic carbocycles. The van der Waals surface area contributed by atoms with Crippen LogP contribution in [0.5, 0.6) is 0 Å². The summed E-state index contributed by atoms with van der Waals surface area (Å²) in [5, 5.41) is 14.9. The van der Waals surface area contributed by atoms with Gasteiger partial charge in [-0.25, -0.2) is 8.78 Å². The summed E-state index contributed by atoms with van der Waals surface area (Å²) in [5.41, 5.74) is 1.34. The topological polar surface area (TPSA) is 55.1 Å². The minimum atomic E-state index is -2.72. The van der Waals surface area contributed by atoms with E-state index in [9.17, 15) is 8.78 Å². The predicted octanol–water partition coefficient (Wildman–Crippen LogP) is 4.23. The van der Waals surface area contributed by atoms with Crippen LogP contribution in [0.3, 0.4) is 0 Å². The van der Waals surface area contributed by atoms with Gasteiger partial charge in [0, 0.05) is 11.5 Å². The van der Waals surface area contributed by atoms with E-state index in [1.165, 1.54) is 5.56 Å². The maximum atomic E-state index is 13.0. The van der Waals surface area contributed by atoms with E-state index in [1.54, 1.807) is 12.1 Å². The van der Waals surface area contributed by atoms with Crippen molar-refractivity contribution >= 4 is 11.5 Å². The summed E-state index contributed by atoms with van der Waals surface area (Å²) in [4.78, 5) is 0. The first-order valence-electron chi connectivity index (χ1n) is 8.26. The first-order valence-corrected chi connectivity index (χ1v) is 8.26. The Labute approximate surface area is 145 Å². The van der Waals surface area contributed by atoms with Gasteiger partial charge in [0.15, 0.2) is 5.65 Å². The molecule has 0 aliphatic rings. The van der Waals surface area contributed by atoms with Gasteiger partial charge in [0.1, 0.15) is 5.82 Å². The van der Waals surface area contributed by atoms with Gasteiger partial charge in [0.25, 0.3) is 6.43 Å². The molecule has 2 heterocycles. The molecule has 1 atom stereocenters. The van der Waals surface area contributed by atoms with E-state index in [0.717, 1.165) is 10.9 Å². The zero-order valence-electron chi connectivity index (χ0n) is 14.4. The number of rotatable bonds is 6. The predicted molar refractivity (Wildman–Crippen MR) is 92.9 cm³/mol. The molecule has 0 fully saturated rings. The van der Waals surface area contributed by atoms with E-state index >= 15 is 0 Å². The van der Waals surface area contributed by atoms with E-state index in [-0.39, 0.29) is 11.5 Å². The largest absolute Gasteiger partial charge is 0.365 e. The summed E-state index contributed by atoms with van der Waals surface area (Å²) in [6.07, 6.45) is -1.87. The first-order chi connectivity index (χ1) is 11.9. The lowest BCUT2D eigenvalue weighted by molar-refractivity contribution is 0.137. The summed E-state index contributed by atoms with van der Waals surface area (Å²) in [7, 11) is 0. The minimum absolute atomic E-state index is 0.0753. The highest BCUT2D eigenvalue weighted by molar-refractivity contribution is 5.45. The Morgan fingerprint density at radius 1 is 1.08 bits per heavy atom. The number of nitrogens with one attached hydrogen (secondary N) is 1. The smallest absolute Gasteiger partial charge is 0.299 e. The van der Waals surface area contributed by atoms with E-state index in [4.69, 9.17) is 0 Å². The van der Waals surface area contributed by atoms with Crippen molar-refractivity contribution in [3.05, 3.63) is 53.9 Å². The number of aromatic nitrogens is 4. The number of benzene rings is 1. The zero-order valence-corrected chi connectivity index (χ0v) is 14.4. The second-order valence-corrected chi connectivity index (χ2v) is 6.54. The Bertz CT molecular complexity index is 845. The van der Waals surface area contributed by atoms with Crippen molar-refractivity contribution in [2.75, 3.05) is 5.32 Å². The average Bonchev–Trinajstić information content (AvgIpc) is 3.03. The van der Waals surface area contributed by atoms with Crippen LogP contribution in [0.4, 0.5) is 14.6 Å². The molecular formula is C18H21F2N5. The van der Waals surface area contributed by atoms with Crippen LogP contribution in [0.15, 0.2) is 42.5 Å². The van der Waals surface area contributed by atoms with Gasteiger partial charge in [-0.05, 0) is 24.1 Å². The molecule has 0 saturated heterocycles. The molecule has 0 spiro atoms. The molecule has 132 valence electrons. The number of halogens is 2. The van der Waals surface area contributed by atoms with Gasteiger partial charge in [-0.2, -0.15) is 4.52 Å². The zero-order chi connectivity index (χ0) is 18.0. The van der Waals surface area contributed by atoms with Crippen molar-refractivity contribution in [1.29, 1.82) is 0 Å². The van der Waals surface area contributed by atoms with E-state index in [1.807, 2.05) is 18.2 Å². The summed E-state index contributed by atoms with van der Waals surface area (Å²) < 4.78 is 27.1. The molecule has 0 aliphatic heterocycles. The van der Waals surface area contributed by atoms with Crippen LogP contribution in [0.1, 0.15) is 45.0 Å². The van der Waals surface area contributed by atoms with E-state index in [2.05, 4.69) is 53.5 Å². The van der Waals surface area contributed by atoms with Crippen molar-refractivity contribution in [1.82, 2.24) is 19.8 Å². The molecule has 5 nitrogen and oxygen atoms in total. The molecule has 0 aliphatic carbocycles. The molecule has 0 bridgehead atoms. The van der Waals surface area contributed by atoms with E-state index < -0.39 is 12.2 Å². The average molecular weight is 345 g/mol. The summed E-state index contributed by atoms with van der Waals surface area (Å²) in [5.74, 6) is 0.0686. The lowest BCUT2D eigenvalue weighted by Crippen LogP contribution is -2.39. The fraction of sp³-hybridized carbons (Fsp3) is 0.389. The molecule has 25 heavy (non-hydrogen) atoms. The Hall–Kier alpha value is -2.57. The van der Waals surface area contributed by atoms with Crippen LogP contribution in [0.2, 0.25) is 0 Å². The molecule has 1 N–H and O–H groups in total. The highest BCUT2D eigenvalue weighted by Crippen LogP contribution is 2.30. The van der Waals surface area contributed by atoms with Gasteiger partial charge < -0.3 is 5.32 Å². The van der Waals surface area contributed by atoms with Crippen molar-refractivity contribution in [3.8, 4) is 0 Å². The Kier molecular flexibility index (Phi) is 4.65. The SMILES string of the molecule is CCC(Nc1ccc2nnc(C(F)F)n2n1)C(C)(C)c1ccccc1. The normalized spacial score (nSPS) is 13.4. The summed E-state index contributed by atoms with van der Waals surface area (Å²) in [6.45, 7) is 6.40.